The monoisotopic (exact) mass is 295 g/mol. The first-order valence-corrected chi connectivity index (χ1v) is 7.64. The minimum Gasteiger partial charge on any atom is -0.367 e. The predicted molar refractivity (Wildman–Crippen MR) is 87.8 cm³/mol. The average molecular weight is 295 g/mol. The van der Waals surface area contributed by atoms with E-state index in [9.17, 15) is 4.79 Å². The number of aromatic nitrogens is 1. The van der Waals surface area contributed by atoms with E-state index in [4.69, 9.17) is 0 Å². The smallest absolute Gasteiger partial charge is 0.220 e. The van der Waals surface area contributed by atoms with Gasteiger partial charge in [-0.25, -0.2) is 0 Å². The SMILES string of the molecule is CC(=O)N1CCN(c2cccc(C)c2)CC1c1cccnc1. The van der Waals surface area contributed by atoms with Crippen LogP contribution in [0.15, 0.2) is 48.8 Å². The molecular formula is C18H21N3O. The number of amides is 1. The molecule has 0 spiro atoms. The number of rotatable bonds is 2. The fraction of sp³-hybridized carbons (Fsp3) is 0.333. The molecule has 0 bridgehead atoms. The fourth-order valence-corrected chi connectivity index (χ4v) is 3.08. The maximum Gasteiger partial charge on any atom is 0.220 e. The third kappa shape index (κ3) is 2.96. The number of benzene rings is 1. The number of aryl methyl sites for hydroxylation is 1. The Balaban J connectivity index is 1.88. The third-order valence-electron chi connectivity index (χ3n) is 4.22. The van der Waals surface area contributed by atoms with Crippen LogP contribution in [0.2, 0.25) is 0 Å². The Morgan fingerprint density at radius 3 is 2.77 bits per heavy atom. The van der Waals surface area contributed by atoms with Crippen LogP contribution < -0.4 is 4.90 Å². The topological polar surface area (TPSA) is 36.4 Å². The molecule has 0 aliphatic carbocycles. The van der Waals surface area contributed by atoms with E-state index >= 15 is 0 Å². The van der Waals surface area contributed by atoms with Gasteiger partial charge >= 0.3 is 0 Å². The highest BCUT2D eigenvalue weighted by Gasteiger charge is 2.30. The molecule has 1 saturated heterocycles. The van der Waals surface area contributed by atoms with Crippen LogP contribution in [-0.4, -0.2) is 35.4 Å². The maximum absolute atomic E-state index is 12.0. The van der Waals surface area contributed by atoms with Crippen LogP contribution >= 0.6 is 0 Å². The minimum atomic E-state index is 0.0560. The molecule has 1 amide bonds. The number of piperazine rings is 1. The zero-order chi connectivity index (χ0) is 15.5. The average Bonchev–Trinajstić information content (AvgIpc) is 2.55. The molecule has 2 heterocycles. The Morgan fingerprint density at radius 1 is 1.23 bits per heavy atom. The van der Waals surface area contributed by atoms with Crippen molar-refractivity contribution in [3.8, 4) is 0 Å². The molecule has 4 heteroatoms. The van der Waals surface area contributed by atoms with Crippen LogP contribution in [0.1, 0.15) is 24.1 Å². The molecule has 1 aliphatic heterocycles. The Labute approximate surface area is 131 Å². The number of carbonyl (C=O) groups excluding carboxylic acids is 1. The first-order valence-electron chi connectivity index (χ1n) is 7.64. The number of hydrogen-bond acceptors (Lipinski definition) is 3. The molecule has 1 aromatic carbocycles. The van der Waals surface area contributed by atoms with E-state index in [1.54, 1.807) is 13.1 Å². The molecule has 1 unspecified atom stereocenters. The second kappa shape index (κ2) is 6.18. The molecular weight excluding hydrogens is 274 g/mol. The van der Waals surface area contributed by atoms with Gasteiger partial charge in [0.25, 0.3) is 0 Å². The predicted octanol–water partition coefficient (Wildman–Crippen LogP) is 2.80. The van der Waals surface area contributed by atoms with Gasteiger partial charge < -0.3 is 9.80 Å². The van der Waals surface area contributed by atoms with Crippen molar-refractivity contribution in [3.63, 3.8) is 0 Å². The van der Waals surface area contributed by atoms with Crippen molar-refractivity contribution in [1.29, 1.82) is 0 Å². The number of carbonyl (C=O) groups is 1. The quantitative estimate of drug-likeness (QED) is 0.855. The number of anilines is 1. The van der Waals surface area contributed by atoms with Crippen LogP contribution in [0, 0.1) is 6.92 Å². The van der Waals surface area contributed by atoms with Gasteiger partial charge in [-0.05, 0) is 36.2 Å². The van der Waals surface area contributed by atoms with Crippen molar-refractivity contribution >= 4 is 11.6 Å². The van der Waals surface area contributed by atoms with Gasteiger partial charge in [0, 0.05) is 44.6 Å². The number of hydrogen-bond donors (Lipinski definition) is 0. The van der Waals surface area contributed by atoms with Crippen molar-refractivity contribution in [2.75, 3.05) is 24.5 Å². The fourth-order valence-electron chi connectivity index (χ4n) is 3.08. The maximum atomic E-state index is 12.0. The van der Waals surface area contributed by atoms with E-state index in [1.165, 1.54) is 11.3 Å². The molecule has 4 nitrogen and oxygen atoms in total. The Hall–Kier alpha value is -2.36. The van der Waals surface area contributed by atoms with E-state index in [0.717, 1.165) is 25.2 Å². The lowest BCUT2D eigenvalue weighted by Gasteiger charge is -2.42. The molecule has 3 rings (SSSR count). The van der Waals surface area contributed by atoms with Crippen LogP contribution in [0.3, 0.4) is 0 Å². The lowest BCUT2D eigenvalue weighted by Crippen LogP contribution is -2.50. The van der Waals surface area contributed by atoms with Crippen molar-refractivity contribution in [2.45, 2.75) is 19.9 Å². The molecule has 2 aromatic rings. The summed E-state index contributed by atoms with van der Waals surface area (Å²) in [5.74, 6) is 0.123. The van der Waals surface area contributed by atoms with Gasteiger partial charge in [0.15, 0.2) is 0 Å². The van der Waals surface area contributed by atoms with Crippen molar-refractivity contribution < 1.29 is 4.79 Å². The van der Waals surface area contributed by atoms with Crippen LogP contribution in [0.4, 0.5) is 5.69 Å². The van der Waals surface area contributed by atoms with Crippen molar-refractivity contribution in [2.24, 2.45) is 0 Å². The molecule has 0 radical (unpaired) electrons. The summed E-state index contributed by atoms with van der Waals surface area (Å²) in [6.07, 6.45) is 3.63. The van der Waals surface area contributed by atoms with Gasteiger partial charge in [0.2, 0.25) is 5.91 Å². The van der Waals surface area contributed by atoms with Crippen molar-refractivity contribution in [3.05, 3.63) is 59.9 Å². The Bertz CT molecular complexity index is 656. The summed E-state index contributed by atoms with van der Waals surface area (Å²) in [4.78, 5) is 20.5. The molecule has 0 N–H and O–H groups in total. The molecule has 1 aliphatic rings. The van der Waals surface area contributed by atoms with Crippen LogP contribution in [-0.2, 0) is 4.79 Å². The largest absolute Gasteiger partial charge is 0.367 e. The number of nitrogens with zero attached hydrogens (tertiary/aromatic N) is 3. The van der Waals surface area contributed by atoms with Gasteiger partial charge in [-0.2, -0.15) is 0 Å². The van der Waals surface area contributed by atoms with Gasteiger partial charge in [-0.3, -0.25) is 9.78 Å². The highest BCUT2D eigenvalue weighted by molar-refractivity contribution is 5.74. The molecule has 1 atom stereocenters. The lowest BCUT2D eigenvalue weighted by molar-refractivity contribution is -0.131. The summed E-state index contributed by atoms with van der Waals surface area (Å²) in [6.45, 7) is 6.15. The number of pyridine rings is 1. The summed E-state index contributed by atoms with van der Waals surface area (Å²) < 4.78 is 0. The van der Waals surface area contributed by atoms with E-state index in [1.807, 2.05) is 23.2 Å². The summed E-state index contributed by atoms with van der Waals surface area (Å²) in [5, 5.41) is 0. The molecule has 1 aromatic heterocycles. The van der Waals surface area contributed by atoms with Gasteiger partial charge in [-0.15, -0.1) is 0 Å². The van der Waals surface area contributed by atoms with Crippen LogP contribution in [0.5, 0.6) is 0 Å². The molecule has 0 saturated carbocycles. The van der Waals surface area contributed by atoms with Crippen LogP contribution in [0.25, 0.3) is 0 Å². The lowest BCUT2D eigenvalue weighted by atomic mass is 10.0. The summed E-state index contributed by atoms with van der Waals surface area (Å²) in [7, 11) is 0. The molecule has 114 valence electrons. The van der Waals surface area contributed by atoms with E-state index in [-0.39, 0.29) is 11.9 Å². The van der Waals surface area contributed by atoms with E-state index in [0.29, 0.717) is 0 Å². The highest BCUT2D eigenvalue weighted by Crippen LogP contribution is 2.28. The summed E-state index contributed by atoms with van der Waals surface area (Å²) >= 11 is 0. The highest BCUT2D eigenvalue weighted by atomic mass is 16.2. The zero-order valence-corrected chi connectivity index (χ0v) is 13.1. The second-order valence-corrected chi connectivity index (χ2v) is 5.80. The standard InChI is InChI=1S/C18H21N3O/c1-14-5-3-7-17(11-14)20-9-10-21(15(2)22)18(13-20)16-6-4-8-19-12-16/h3-8,11-12,18H,9-10,13H2,1-2H3. The Kier molecular flexibility index (Phi) is 4.09. The van der Waals surface area contributed by atoms with E-state index in [2.05, 4.69) is 41.1 Å². The zero-order valence-electron chi connectivity index (χ0n) is 13.1. The van der Waals surface area contributed by atoms with Crippen molar-refractivity contribution in [1.82, 2.24) is 9.88 Å². The van der Waals surface area contributed by atoms with E-state index < -0.39 is 0 Å². The second-order valence-electron chi connectivity index (χ2n) is 5.80. The summed E-state index contributed by atoms with van der Waals surface area (Å²) in [5.41, 5.74) is 3.57. The van der Waals surface area contributed by atoms with Gasteiger partial charge in [0.1, 0.15) is 0 Å². The third-order valence-corrected chi connectivity index (χ3v) is 4.22. The van der Waals surface area contributed by atoms with Gasteiger partial charge in [-0.1, -0.05) is 18.2 Å². The first kappa shape index (κ1) is 14.6. The minimum absolute atomic E-state index is 0.0560. The first-order chi connectivity index (χ1) is 10.6. The molecule has 22 heavy (non-hydrogen) atoms. The van der Waals surface area contributed by atoms with Gasteiger partial charge in [0.05, 0.1) is 6.04 Å². The normalized spacial score (nSPS) is 18.4. The Morgan fingerprint density at radius 2 is 2.09 bits per heavy atom. The summed E-state index contributed by atoms with van der Waals surface area (Å²) in [6, 6.07) is 12.6. The molecule has 1 fully saturated rings.